The predicted octanol–water partition coefficient (Wildman–Crippen LogP) is 2.74. The number of hydrogen-bond donors (Lipinski definition) is 2. The minimum absolute atomic E-state index is 0.321. The van der Waals surface area contributed by atoms with Crippen LogP contribution in [0.1, 0.15) is 12.5 Å². The smallest absolute Gasteiger partial charge is 0.344 e. The molecule has 0 saturated carbocycles. The fraction of sp³-hybridized carbons (Fsp3) is 0.190. The number of benzene rings is 2. The van der Waals surface area contributed by atoms with E-state index in [1.807, 2.05) is 19.1 Å². The Balaban J connectivity index is 1.91. The summed E-state index contributed by atoms with van der Waals surface area (Å²) >= 11 is 0. The van der Waals surface area contributed by atoms with Crippen molar-refractivity contribution in [1.82, 2.24) is 5.32 Å². The quantitative estimate of drug-likeness (QED) is 0.680. The largest absolute Gasteiger partial charge is 0.483 e. The lowest BCUT2D eigenvalue weighted by atomic mass is 10.1. The van der Waals surface area contributed by atoms with Gasteiger partial charge in [0.2, 0.25) is 0 Å². The third-order valence-electron chi connectivity index (χ3n) is 4.18. The topological polar surface area (TPSA) is 106 Å². The van der Waals surface area contributed by atoms with Crippen molar-refractivity contribution in [2.75, 3.05) is 6.61 Å². The highest BCUT2D eigenvalue weighted by Gasteiger charge is 2.16. The molecule has 1 aromatic heterocycles. The van der Waals surface area contributed by atoms with E-state index < -0.39 is 23.5 Å². The van der Waals surface area contributed by atoms with Gasteiger partial charge < -0.3 is 19.6 Å². The molecule has 3 rings (SSSR count). The van der Waals surface area contributed by atoms with Crippen molar-refractivity contribution in [3.8, 4) is 17.1 Å². The second-order valence-corrected chi connectivity index (χ2v) is 6.40. The Morgan fingerprint density at radius 3 is 2.68 bits per heavy atom. The highest BCUT2D eigenvalue weighted by molar-refractivity contribution is 5.86. The van der Waals surface area contributed by atoms with E-state index in [-0.39, 0.29) is 6.61 Å². The van der Waals surface area contributed by atoms with Crippen LogP contribution in [0.5, 0.6) is 5.75 Å². The van der Waals surface area contributed by atoms with Crippen molar-refractivity contribution >= 4 is 22.6 Å². The number of hydrogen-bond acceptors (Lipinski definition) is 5. The number of carboxylic acids is 1. The maximum Gasteiger partial charge on any atom is 0.344 e. The fourth-order valence-electron chi connectivity index (χ4n) is 2.72. The van der Waals surface area contributed by atoms with Crippen LogP contribution in [0.3, 0.4) is 0 Å². The Morgan fingerprint density at radius 1 is 1.18 bits per heavy atom. The summed E-state index contributed by atoms with van der Waals surface area (Å²) in [5, 5.41) is 12.4. The molecule has 2 N–H and O–H groups in total. The van der Waals surface area contributed by atoms with Gasteiger partial charge in [-0.05, 0) is 43.5 Å². The van der Waals surface area contributed by atoms with Crippen molar-refractivity contribution < 1.29 is 23.8 Å². The van der Waals surface area contributed by atoms with Crippen molar-refractivity contribution in [2.24, 2.45) is 0 Å². The van der Waals surface area contributed by atoms with E-state index in [4.69, 9.17) is 14.3 Å². The van der Waals surface area contributed by atoms with Crippen LogP contribution in [0.2, 0.25) is 0 Å². The van der Waals surface area contributed by atoms with Crippen LogP contribution in [0.4, 0.5) is 0 Å². The Hall–Kier alpha value is -3.61. The van der Waals surface area contributed by atoms with E-state index in [9.17, 15) is 14.4 Å². The van der Waals surface area contributed by atoms with Gasteiger partial charge in [-0.2, -0.15) is 0 Å². The Labute approximate surface area is 160 Å². The number of carbonyl (C=O) groups is 2. The van der Waals surface area contributed by atoms with Crippen LogP contribution in [0.25, 0.3) is 22.1 Å². The number of aryl methyl sites for hydroxylation is 1. The van der Waals surface area contributed by atoms with Gasteiger partial charge in [0, 0.05) is 0 Å². The molecule has 0 saturated heterocycles. The van der Waals surface area contributed by atoms with E-state index in [1.54, 1.807) is 36.4 Å². The minimum atomic E-state index is -1.14. The molecule has 1 amide bonds. The number of ether oxygens (including phenoxy) is 1. The second kappa shape index (κ2) is 7.96. The van der Waals surface area contributed by atoms with Gasteiger partial charge in [-0.15, -0.1) is 0 Å². The highest BCUT2D eigenvalue weighted by atomic mass is 16.5. The van der Waals surface area contributed by atoms with Gasteiger partial charge in [-0.3, -0.25) is 9.59 Å². The summed E-state index contributed by atoms with van der Waals surface area (Å²) in [4.78, 5) is 35.0. The number of amides is 1. The van der Waals surface area contributed by atoms with Gasteiger partial charge in [0.15, 0.2) is 6.61 Å². The summed E-state index contributed by atoms with van der Waals surface area (Å²) in [7, 11) is 0. The lowest BCUT2D eigenvalue weighted by molar-refractivity contribution is -0.141. The van der Waals surface area contributed by atoms with Crippen molar-refractivity contribution in [2.45, 2.75) is 19.9 Å². The molecular formula is C21H19NO6. The predicted molar refractivity (Wildman–Crippen MR) is 103 cm³/mol. The number of fused-ring (bicyclic) bond motifs is 1. The standard InChI is InChI=1S/C21H19NO6/c1-12-7-8-17(27-11-19(23)22-13(2)20(24)25)16(9-12)18-10-14-5-3-4-6-15(14)21(26)28-18/h3-10,13H,11H2,1-2H3,(H,22,23)(H,24,25)/t13-/m1/s1. The molecule has 7 nitrogen and oxygen atoms in total. The highest BCUT2D eigenvalue weighted by Crippen LogP contribution is 2.32. The van der Waals surface area contributed by atoms with Crippen LogP contribution in [-0.4, -0.2) is 29.6 Å². The van der Waals surface area contributed by atoms with Gasteiger partial charge in [0.05, 0.1) is 10.9 Å². The summed E-state index contributed by atoms with van der Waals surface area (Å²) in [6.07, 6.45) is 0. The lowest BCUT2D eigenvalue weighted by Gasteiger charge is -2.13. The molecule has 2 aromatic carbocycles. The number of aliphatic carboxylic acids is 1. The average molecular weight is 381 g/mol. The molecular weight excluding hydrogens is 362 g/mol. The summed E-state index contributed by atoms with van der Waals surface area (Å²) in [5.74, 6) is -1.03. The van der Waals surface area contributed by atoms with Crippen LogP contribution in [0.15, 0.2) is 57.7 Å². The molecule has 28 heavy (non-hydrogen) atoms. The van der Waals surface area contributed by atoms with Gasteiger partial charge in [-0.25, -0.2) is 4.79 Å². The Kier molecular flexibility index (Phi) is 5.44. The molecule has 0 unspecified atom stereocenters. The zero-order valence-corrected chi connectivity index (χ0v) is 15.4. The van der Waals surface area contributed by atoms with E-state index in [1.165, 1.54) is 6.92 Å². The molecule has 7 heteroatoms. The number of carboxylic acid groups (broad SMARTS) is 1. The van der Waals surface area contributed by atoms with Gasteiger partial charge in [0.25, 0.3) is 5.91 Å². The maximum atomic E-state index is 12.3. The lowest BCUT2D eigenvalue weighted by Crippen LogP contribution is -2.40. The molecule has 3 aromatic rings. The third-order valence-corrected chi connectivity index (χ3v) is 4.18. The molecule has 0 aliphatic carbocycles. The fourth-order valence-corrected chi connectivity index (χ4v) is 2.72. The monoisotopic (exact) mass is 381 g/mol. The number of nitrogens with one attached hydrogen (secondary N) is 1. The second-order valence-electron chi connectivity index (χ2n) is 6.40. The number of carbonyl (C=O) groups excluding carboxylic acids is 1. The zero-order valence-electron chi connectivity index (χ0n) is 15.4. The first-order valence-electron chi connectivity index (χ1n) is 8.64. The normalized spacial score (nSPS) is 11.8. The van der Waals surface area contributed by atoms with Crippen molar-refractivity contribution in [1.29, 1.82) is 0 Å². The Morgan fingerprint density at radius 2 is 1.93 bits per heavy atom. The first kappa shape index (κ1) is 19.2. The maximum absolute atomic E-state index is 12.3. The van der Waals surface area contributed by atoms with Crippen molar-refractivity contribution in [3.05, 3.63) is 64.5 Å². The first-order valence-corrected chi connectivity index (χ1v) is 8.64. The SMILES string of the molecule is Cc1ccc(OCC(=O)N[C@H](C)C(=O)O)c(-c2cc3ccccc3c(=O)o2)c1. The van der Waals surface area contributed by atoms with E-state index >= 15 is 0 Å². The molecule has 144 valence electrons. The minimum Gasteiger partial charge on any atom is -0.483 e. The van der Waals surface area contributed by atoms with Gasteiger partial charge >= 0.3 is 11.6 Å². The zero-order chi connectivity index (χ0) is 20.3. The van der Waals surface area contributed by atoms with E-state index in [2.05, 4.69) is 5.32 Å². The van der Waals surface area contributed by atoms with Gasteiger partial charge in [-0.1, -0.05) is 29.8 Å². The van der Waals surface area contributed by atoms with Crippen LogP contribution in [0, 0.1) is 6.92 Å². The molecule has 1 atom stereocenters. The van der Waals surface area contributed by atoms with E-state index in [0.29, 0.717) is 22.5 Å². The van der Waals surface area contributed by atoms with Crippen LogP contribution >= 0.6 is 0 Å². The summed E-state index contributed by atoms with van der Waals surface area (Å²) in [6.45, 7) is 2.88. The van der Waals surface area contributed by atoms with Crippen LogP contribution < -0.4 is 15.7 Å². The first-order chi connectivity index (χ1) is 13.3. The Bertz CT molecular complexity index is 1100. The molecule has 1 heterocycles. The van der Waals surface area contributed by atoms with E-state index in [0.717, 1.165) is 10.9 Å². The van der Waals surface area contributed by atoms with Crippen molar-refractivity contribution in [3.63, 3.8) is 0 Å². The van der Waals surface area contributed by atoms with Gasteiger partial charge in [0.1, 0.15) is 17.6 Å². The molecule has 0 fully saturated rings. The molecule has 0 aliphatic rings. The summed E-state index contributed by atoms with van der Waals surface area (Å²) in [5.41, 5.74) is 0.984. The molecule has 0 spiro atoms. The summed E-state index contributed by atoms with van der Waals surface area (Å²) in [6, 6.07) is 13.1. The number of rotatable bonds is 6. The molecule has 0 bridgehead atoms. The molecule has 0 aliphatic heterocycles. The summed E-state index contributed by atoms with van der Waals surface area (Å²) < 4.78 is 11.0. The van der Waals surface area contributed by atoms with Crippen LogP contribution in [-0.2, 0) is 9.59 Å². The average Bonchev–Trinajstić information content (AvgIpc) is 2.66. The third kappa shape index (κ3) is 4.20. The molecule has 0 radical (unpaired) electrons.